The minimum absolute atomic E-state index is 0.312. The van der Waals surface area contributed by atoms with Crippen LogP contribution in [0.3, 0.4) is 0 Å². The summed E-state index contributed by atoms with van der Waals surface area (Å²) >= 11 is 6.46. The smallest absolute Gasteiger partial charge is 0.125 e. The molecule has 0 heterocycles. The molecule has 0 aliphatic carbocycles. The summed E-state index contributed by atoms with van der Waals surface area (Å²) < 4.78 is 6.24. The summed E-state index contributed by atoms with van der Waals surface area (Å²) in [6.07, 6.45) is -1.81. The molecule has 0 aliphatic rings. The van der Waals surface area contributed by atoms with Gasteiger partial charge in [-0.3, -0.25) is 0 Å². The van der Waals surface area contributed by atoms with Gasteiger partial charge in [0.25, 0.3) is 0 Å². The molecule has 0 amide bonds. The molecule has 1 aromatic rings. The van der Waals surface area contributed by atoms with E-state index in [-0.39, 0.29) is 0 Å². The number of aliphatic hydroxyl groups excluding tert-OH is 2. The van der Waals surface area contributed by atoms with E-state index in [0.717, 1.165) is 4.47 Å². The van der Waals surface area contributed by atoms with Crippen LogP contribution in [0, 0.1) is 0 Å². The Bertz CT molecular complexity index is 344. The number of halogens is 2. The van der Waals surface area contributed by atoms with E-state index in [2.05, 4.69) is 31.9 Å². The molecule has 1 rings (SSSR count). The highest BCUT2D eigenvalue weighted by Gasteiger charge is 2.21. The van der Waals surface area contributed by atoms with Crippen molar-refractivity contribution in [3.05, 3.63) is 28.2 Å². The third-order valence-corrected chi connectivity index (χ3v) is 3.27. The Morgan fingerprint density at radius 1 is 1.38 bits per heavy atom. The van der Waals surface area contributed by atoms with Crippen LogP contribution >= 0.6 is 31.9 Å². The molecule has 0 fully saturated rings. The van der Waals surface area contributed by atoms with Crippen molar-refractivity contribution in [3.8, 4) is 5.75 Å². The lowest BCUT2D eigenvalue weighted by atomic mass is 10.0. The van der Waals surface area contributed by atoms with E-state index in [1.165, 1.54) is 0 Å². The number of aliphatic hydroxyl groups is 2. The summed E-state index contributed by atoms with van der Waals surface area (Å²) in [5.74, 6) is 0.596. The monoisotopic (exact) mass is 352 g/mol. The first kappa shape index (κ1) is 14.0. The van der Waals surface area contributed by atoms with Gasteiger partial charge in [-0.05, 0) is 25.1 Å². The predicted molar refractivity (Wildman–Crippen MR) is 70.1 cm³/mol. The average Bonchev–Trinajstić information content (AvgIpc) is 2.29. The molecule has 2 unspecified atom stereocenters. The van der Waals surface area contributed by atoms with Crippen LogP contribution in [-0.4, -0.2) is 28.3 Å². The van der Waals surface area contributed by atoms with Gasteiger partial charge in [-0.15, -0.1) is 0 Å². The number of hydrogen-bond donors (Lipinski definition) is 2. The van der Waals surface area contributed by atoms with E-state index in [4.69, 9.17) is 4.74 Å². The summed E-state index contributed by atoms with van der Waals surface area (Å²) in [7, 11) is 0. The molecule has 2 N–H and O–H groups in total. The van der Waals surface area contributed by atoms with Crippen molar-refractivity contribution < 1.29 is 14.9 Å². The summed E-state index contributed by atoms with van der Waals surface area (Å²) in [5.41, 5.74) is 0.586. The van der Waals surface area contributed by atoms with E-state index >= 15 is 0 Å². The van der Waals surface area contributed by atoms with Gasteiger partial charge in [0, 0.05) is 15.4 Å². The molecule has 1 aromatic carbocycles. The van der Waals surface area contributed by atoms with Crippen LogP contribution in [0.15, 0.2) is 22.7 Å². The number of hydrogen-bond acceptors (Lipinski definition) is 3. The predicted octanol–water partition coefficient (Wildman–Crippen LogP) is 2.64. The quantitative estimate of drug-likeness (QED) is 0.800. The third-order valence-electron chi connectivity index (χ3n) is 2.11. The Morgan fingerprint density at radius 2 is 2.06 bits per heavy atom. The van der Waals surface area contributed by atoms with Crippen LogP contribution in [0.4, 0.5) is 0 Å². The highest BCUT2D eigenvalue weighted by atomic mass is 79.9. The van der Waals surface area contributed by atoms with E-state index in [9.17, 15) is 10.2 Å². The summed E-state index contributed by atoms with van der Waals surface area (Å²) in [6.45, 7) is 2.39. The number of ether oxygens (including phenoxy) is 1. The van der Waals surface area contributed by atoms with Crippen molar-refractivity contribution in [3.63, 3.8) is 0 Å². The minimum Gasteiger partial charge on any atom is -0.493 e. The molecule has 0 aliphatic heterocycles. The topological polar surface area (TPSA) is 49.7 Å². The minimum atomic E-state index is -0.960. The zero-order chi connectivity index (χ0) is 12.1. The van der Waals surface area contributed by atoms with Gasteiger partial charge in [0.2, 0.25) is 0 Å². The molecule has 2 atom stereocenters. The standard InChI is InChI=1S/C11H14Br2O3/c1-2-16-10-4-3-7(13)5-8(10)11(15)9(14)6-12/h3-5,9,11,14-15H,2,6H2,1H3. The third kappa shape index (κ3) is 3.45. The first-order valence-corrected chi connectivity index (χ1v) is 6.86. The maximum Gasteiger partial charge on any atom is 0.125 e. The first-order valence-electron chi connectivity index (χ1n) is 4.94. The Balaban J connectivity index is 3.03. The van der Waals surface area contributed by atoms with Crippen molar-refractivity contribution in [2.45, 2.75) is 19.1 Å². The van der Waals surface area contributed by atoms with Crippen LogP contribution in [0.2, 0.25) is 0 Å². The zero-order valence-corrected chi connectivity index (χ0v) is 12.0. The lowest BCUT2D eigenvalue weighted by Crippen LogP contribution is -2.20. The normalized spacial score (nSPS) is 14.6. The number of rotatable bonds is 5. The molecule has 0 saturated carbocycles. The van der Waals surface area contributed by atoms with Gasteiger partial charge < -0.3 is 14.9 Å². The summed E-state index contributed by atoms with van der Waals surface area (Å²) in [6, 6.07) is 5.36. The second-order valence-corrected chi connectivity index (χ2v) is 4.84. The summed E-state index contributed by atoms with van der Waals surface area (Å²) in [5, 5.41) is 19.8. The maximum absolute atomic E-state index is 9.94. The van der Waals surface area contributed by atoms with Gasteiger partial charge in [0.1, 0.15) is 11.9 Å². The molecule has 0 spiro atoms. The lowest BCUT2D eigenvalue weighted by molar-refractivity contribution is 0.0324. The molecule has 0 saturated heterocycles. The molecular formula is C11H14Br2O3. The van der Waals surface area contributed by atoms with Crippen LogP contribution in [0.25, 0.3) is 0 Å². The molecular weight excluding hydrogens is 340 g/mol. The molecule has 5 heteroatoms. The van der Waals surface area contributed by atoms with Crippen molar-refractivity contribution in [2.75, 3.05) is 11.9 Å². The molecule has 90 valence electrons. The van der Waals surface area contributed by atoms with Gasteiger partial charge in [0.05, 0.1) is 12.7 Å². The Morgan fingerprint density at radius 3 is 2.62 bits per heavy atom. The number of alkyl halides is 1. The molecule has 0 aromatic heterocycles. The highest BCUT2D eigenvalue weighted by Crippen LogP contribution is 2.30. The van der Waals surface area contributed by atoms with E-state index < -0.39 is 12.2 Å². The number of benzene rings is 1. The fourth-order valence-electron chi connectivity index (χ4n) is 1.33. The van der Waals surface area contributed by atoms with Crippen LogP contribution in [-0.2, 0) is 0 Å². The van der Waals surface area contributed by atoms with Crippen LogP contribution in [0.1, 0.15) is 18.6 Å². The molecule has 0 radical (unpaired) electrons. The van der Waals surface area contributed by atoms with Gasteiger partial charge >= 0.3 is 0 Å². The van der Waals surface area contributed by atoms with Gasteiger partial charge in [-0.25, -0.2) is 0 Å². The second-order valence-electron chi connectivity index (χ2n) is 3.28. The maximum atomic E-state index is 9.94. The van der Waals surface area contributed by atoms with Crippen molar-refractivity contribution in [1.29, 1.82) is 0 Å². The van der Waals surface area contributed by atoms with Gasteiger partial charge in [-0.1, -0.05) is 31.9 Å². The first-order chi connectivity index (χ1) is 7.60. The Kier molecular flexibility index (Phi) is 5.75. The Labute approximate surface area is 112 Å². The van der Waals surface area contributed by atoms with Crippen molar-refractivity contribution in [2.24, 2.45) is 0 Å². The van der Waals surface area contributed by atoms with Gasteiger partial charge in [-0.2, -0.15) is 0 Å². The molecule has 0 bridgehead atoms. The van der Waals surface area contributed by atoms with E-state index in [1.54, 1.807) is 12.1 Å². The van der Waals surface area contributed by atoms with Crippen LogP contribution < -0.4 is 4.74 Å². The van der Waals surface area contributed by atoms with Crippen molar-refractivity contribution in [1.82, 2.24) is 0 Å². The Hall–Kier alpha value is -0.100. The SMILES string of the molecule is CCOc1ccc(Br)cc1C(O)C(O)CBr. The molecule has 16 heavy (non-hydrogen) atoms. The van der Waals surface area contributed by atoms with Gasteiger partial charge in [0.15, 0.2) is 0 Å². The lowest BCUT2D eigenvalue weighted by Gasteiger charge is -2.19. The highest BCUT2D eigenvalue weighted by molar-refractivity contribution is 9.10. The van der Waals surface area contributed by atoms with E-state index in [1.807, 2.05) is 13.0 Å². The fraction of sp³-hybridized carbons (Fsp3) is 0.455. The summed E-state index contributed by atoms with van der Waals surface area (Å²) in [4.78, 5) is 0. The van der Waals surface area contributed by atoms with Crippen LogP contribution in [0.5, 0.6) is 5.75 Å². The van der Waals surface area contributed by atoms with E-state index in [0.29, 0.717) is 23.2 Å². The average molecular weight is 354 g/mol. The fourth-order valence-corrected chi connectivity index (χ4v) is 2.06. The zero-order valence-electron chi connectivity index (χ0n) is 8.86. The largest absolute Gasteiger partial charge is 0.493 e. The second kappa shape index (κ2) is 6.59. The molecule has 3 nitrogen and oxygen atoms in total. The van der Waals surface area contributed by atoms with Crippen molar-refractivity contribution >= 4 is 31.9 Å².